The zero-order valence-corrected chi connectivity index (χ0v) is 16.7. The van der Waals surface area contributed by atoms with Crippen molar-refractivity contribution in [1.29, 1.82) is 0 Å². The van der Waals surface area contributed by atoms with E-state index in [-0.39, 0.29) is 11.5 Å². The van der Waals surface area contributed by atoms with E-state index in [1.54, 1.807) is 18.7 Å². The van der Waals surface area contributed by atoms with Gasteiger partial charge in [0.15, 0.2) is 5.43 Å². The van der Waals surface area contributed by atoms with Crippen molar-refractivity contribution in [2.75, 3.05) is 0 Å². The number of pyridine rings is 1. The molecule has 0 radical (unpaired) electrons. The first-order valence-electron chi connectivity index (χ1n) is 9.84. The van der Waals surface area contributed by atoms with E-state index in [0.29, 0.717) is 6.54 Å². The summed E-state index contributed by atoms with van der Waals surface area (Å²) in [4.78, 5) is 20.2. The van der Waals surface area contributed by atoms with Crippen LogP contribution < -0.4 is 10.7 Å². The van der Waals surface area contributed by atoms with E-state index in [9.17, 15) is 4.79 Å². The Morgan fingerprint density at radius 3 is 2.66 bits per heavy atom. The number of fused-ring (bicyclic) bond motifs is 1. The summed E-state index contributed by atoms with van der Waals surface area (Å²) in [6.45, 7) is 5.35. The highest BCUT2D eigenvalue weighted by Crippen LogP contribution is 2.20. The molecule has 4 rings (SSSR count). The Bertz CT molecular complexity index is 1150. The van der Waals surface area contributed by atoms with Gasteiger partial charge in [0.1, 0.15) is 12.7 Å². The highest BCUT2D eigenvalue weighted by molar-refractivity contribution is 5.84. The van der Waals surface area contributed by atoms with Crippen molar-refractivity contribution < 1.29 is 0 Å². The minimum absolute atomic E-state index is 0.0654. The smallest absolute Gasteiger partial charge is 0.189 e. The number of aromatic nitrogens is 4. The SMILES string of the molecule is Cc1ccc(C)c2c(=O)cc(CNC(CCn3cncn3)c3ccccc3)[nH]c12. The summed E-state index contributed by atoms with van der Waals surface area (Å²) in [6.07, 6.45) is 4.15. The fraction of sp³-hybridized carbons (Fsp3) is 0.261. The van der Waals surface area contributed by atoms with Gasteiger partial charge in [-0.1, -0.05) is 42.5 Å². The van der Waals surface area contributed by atoms with Gasteiger partial charge in [0, 0.05) is 36.3 Å². The standard InChI is InChI=1S/C23H25N5O/c1-16-8-9-17(2)23-22(16)21(29)12-19(27-23)13-25-20(18-6-4-3-5-7-18)10-11-28-15-24-14-26-28/h3-9,12,14-15,20,25H,10-11,13H2,1-2H3,(H,27,29). The molecule has 6 nitrogen and oxygen atoms in total. The summed E-state index contributed by atoms with van der Waals surface area (Å²) in [5, 5.41) is 8.58. The molecule has 0 fully saturated rings. The van der Waals surface area contributed by atoms with Crippen molar-refractivity contribution in [3.63, 3.8) is 0 Å². The molecular formula is C23H25N5O. The van der Waals surface area contributed by atoms with Gasteiger partial charge in [-0.3, -0.25) is 9.48 Å². The van der Waals surface area contributed by atoms with E-state index >= 15 is 0 Å². The minimum Gasteiger partial charge on any atom is -0.357 e. The lowest BCUT2D eigenvalue weighted by atomic mass is 10.0. The normalized spacial score (nSPS) is 12.3. The quantitative estimate of drug-likeness (QED) is 0.507. The van der Waals surface area contributed by atoms with E-state index in [1.807, 2.05) is 42.8 Å². The largest absolute Gasteiger partial charge is 0.357 e. The Morgan fingerprint density at radius 2 is 1.90 bits per heavy atom. The molecule has 2 heterocycles. The van der Waals surface area contributed by atoms with Crippen LogP contribution in [0.3, 0.4) is 0 Å². The number of hydrogen-bond acceptors (Lipinski definition) is 4. The summed E-state index contributed by atoms with van der Waals surface area (Å²) >= 11 is 0. The number of nitrogens with zero attached hydrogens (tertiary/aromatic N) is 3. The summed E-state index contributed by atoms with van der Waals surface area (Å²) < 4.78 is 1.83. The lowest BCUT2D eigenvalue weighted by Crippen LogP contribution is -2.24. The van der Waals surface area contributed by atoms with Gasteiger partial charge in [-0.15, -0.1) is 0 Å². The molecular weight excluding hydrogens is 362 g/mol. The Hall–Kier alpha value is -3.25. The van der Waals surface area contributed by atoms with Crippen molar-refractivity contribution in [3.05, 3.63) is 93.8 Å². The zero-order chi connectivity index (χ0) is 20.2. The van der Waals surface area contributed by atoms with Crippen molar-refractivity contribution in [1.82, 2.24) is 25.1 Å². The van der Waals surface area contributed by atoms with Crippen LogP contribution in [-0.2, 0) is 13.1 Å². The Labute approximate surface area is 169 Å². The van der Waals surface area contributed by atoms with Gasteiger partial charge < -0.3 is 10.3 Å². The maximum atomic E-state index is 12.7. The van der Waals surface area contributed by atoms with Gasteiger partial charge in [0.05, 0.1) is 5.52 Å². The number of nitrogens with one attached hydrogen (secondary N) is 2. The number of H-pyrrole nitrogens is 1. The fourth-order valence-electron chi connectivity index (χ4n) is 3.73. The summed E-state index contributed by atoms with van der Waals surface area (Å²) in [5.74, 6) is 0. The lowest BCUT2D eigenvalue weighted by Gasteiger charge is -2.20. The molecule has 0 spiro atoms. The zero-order valence-electron chi connectivity index (χ0n) is 16.7. The molecule has 1 unspecified atom stereocenters. The molecule has 2 N–H and O–H groups in total. The molecule has 6 heteroatoms. The summed E-state index contributed by atoms with van der Waals surface area (Å²) in [6, 6.07) is 16.2. The predicted molar refractivity (Wildman–Crippen MR) is 115 cm³/mol. The molecule has 0 saturated carbocycles. The van der Waals surface area contributed by atoms with Crippen LogP contribution >= 0.6 is 0 Å². The minimum atomic E-state index is 0.0654. The number of aromatic amines is 1. The Morgan fingerprint density at radius 1 is 1.10 bits per heavy atom. The van der Waals surface area contributed by atoms with Crippen LogP contribution in [-0.4, -0.2) is 19.7 Å². The van der Waals surface area contributed by atoms with Crippen LogP contribution in [0.15, 0.2) is 66.0 Å². The molecule has 148 valence electrons. The third kappa shape index (κ3) is 4.27. The highest BCUT2D eigenvalue weighted by atomic mass is 16.1. The van der Waals surface area contributed by atoms with Gasteiger partial charge in [-0.25, -0.2) is 4.98 Å². The maximum Gasteiger partial charge on any atom is 0.189 e. The summed E-state index contributed by atoms with van der Waals surface area (Å²) in [7, 11) is 0. The van der Waals surface area contributed by atoms with Gasteiger partial charge in [-0.05, 0) is 37.0 Å². The van der Waals surface area contributed by atoms with Crippen molar-refractivity contribution in [2.24, 2.45) is 0 Å². The fourth-order valence-corrected chi connectivity index (χ4v) is 3.73. The molecule has 29 heavy (non-hydrogen) atoms. The maximum absolute atomic E-state index is 12.7. The molecule has 0 aliphatic rings. The Kier molecular flexibility index (Phi) is 5.53. The molecule has 4 aromatic rings. The molecule has 2 aromatic carbocycles. The molecule has 0 aliphatic heterocycles. The van der Waals surface area contributed by atoms with Crippen LogP contribution in [0.1, 0.15) is 34.8 Å². The average Bonchev–Trinajstić information content (AvgIpc) is 3.25. The van der Waals surface area contributed by atoms with Gasteiger partial charge >= 0.3 is 0 Å². The lowest BCUT2D eigenvalue weighted by molar-refractivity contribution is 0.443. The van der Waals surface area contributed by atoms with E-state index in [0.717, 1.165) is 40.7 Å². The van der Waals surface area contributed by atoms with Crippen LogP contribution in [0, 0.1) is 13.8 Å². The molecule has 0 amide bonds. The van der Waals surface area contributed by atoms with E-state index < -0.39 is 0 Å². The third-order valence-corrected chi connectivity index (χ3v) is 5.31. The van der Waals surface area contributed by atoms with Gasteiger partial charge in [0.25, 0.3) is 0 Å². The first-order chi connectivity index (χ1) is 14.1. The van der Waals surface area contributed by atoms with Gasteiger partial charge in [0.2, 0.25) is 0 Å². The second-order valence-electron chi connectivity index (χ2n) is 7.40. The second-order valence-corrected chi connectivity index (χ2v) is 7.40. The topological polar surface area (TPSA) is 75.6 Å². The predicted octanol–water partition coefficient (Wildman–Crippen LogP) is 3.66. The molecule has 2 aromatic heterocycles. The first-order valence-corrected chi connectivity index (χ1v) is 9.84. The van der Waals surface area contributed by atoms with Crippen molar-refractivity contribution >= 4 is 10.9 Å². The van der Waals surface area contributed by atoms with E-state index in [4.69, 9.17) is 0 Å². The van der Waals surface area contributed by atoms with E-state index in [2.05, 4.69) is 38.6 Å². The van der Waals surface area contributed by atoms with Crippen LogP contribution in [0.25, 0.3) is 10.9 Å². The number of hydrogen-bond donors (Lipinski definition) is 2. The number of aryl methyl sites for hydroxylation is 3. The molecule has 0 saturated heterocycles. The molecule has 0 aliphatic carbocycles. The van der Waals surface area contributed by atoms with Gasteiger partial charge in [-0.2, -0.15) is 5.10 Å². The first kappa shape index (κ1) is 19.1. The number of rotatable bonds is 7. The van der Waals surface area contributed by atoms with E-state index in [1.165, 1.54) is 5.56 Å². The number of benzene rings is 2. The average molecular weight is 387 g/mol. The highest BCUT2D eigenvalue weighted by Gasteiger charge is 2.13. The third-order valence-electron chi connectivity index (χ3n) is 5.31. The van der Waals surface area contributed by atoms with Crippen molar-refractivity contribution in [3.8, 4) is 0 Å². The van der Waals surface area contributed by atoms with Crippen LogP contribution in [0.4, 0.5) is 0 Å². The van der Waals surface area contributed by atoms with Crippen molar-refractivity contribution in [2.45, 2.75) is 39.4 Å². The molecule has 1 atom stereocenters. The second kappa shape index (κ2) is 8.41. The molecule has 0 bridgehead atoms. The monoisotopic (exact) mass is 387 g/mol. The Balaban J connectivity index is 1.57. The van der Waals surface area contributed by atoms with Crippen LogP contribution in [0.5, 0.6) is 0 Å². The van der Waals surface area contributed by atoms with Crippen LogP contribution in [0.2, 0.25) is 0 Å². The summed E-state index contributed by atoms with van der Waals surface area (Å²) in [5.41, 5.74) is 5.17.